The van der Waals surface area contributed by atoms with Crippen molar-refractivity contribution in [1.29, 1.82) is 0 Å². The molecule has 0 spiro atoms. The lowest BCUT2D eigenvalue weighted by molar-refractivity contribution is 0.661. The van der Waals surface area contributed by atoms with Crippen molar-refractivity contribution in [3.05, 3.63) is 211 Å². The van der Waals surface area contributed by atoms with Crippen LogP contribution >= 0.6 is 0 Å². The van der Waals surface area contributed by atoms with Crippen molar-refractivity contribution in [1.82, 2.24) is 15.0 Å². The highest BCUT2D eigenvalue weighted by atomic mass is 16.3. The number of hydrogen-bond donors (Lipinski definition) is 0. The van der Waals surface area contributed by atoms with Crippen LogP contribution in [0.25, 0.3) is 122 Å². The van der Waals surface area contributed by atoms with Gasteiger partial charge in [0, 0.05) is 32.9 Å². The molecule has 4 nitrogen and oxygen atoms in total. The highest BCUT2D eigenvalue weighted by Crippen LogP contribution is 2.52. The summed E-state index contributed by atoms with van der Waals surface area (Å²) in [5, 5.41) is 9.86. The van der Waals surface area contributed by atoms with E-state index in [4.69, 9.17) is 19.4 Å². The molecule has 0 radical (unpaired) electrons. The highest BCUT2D eigenvalue weighted by molar-refractivity contribution is 6.26. The van der Waals surface area contributed by atoms with Crippen molar-refractivity contribution >= 4 is 54.3 Å². The molecular weight excluding hydrogens is 779 g/mol. The normalized spacial score (nSPS) is 13.0. The fourth-order valence-corrected chi connectivity index (χ4v) is 10.3. The summed E-state index contributed by atoms with van der Waals surface area (Å²) < 4.78 is 6.48. The molecule has 0 fully saturated rings. The molecule has 0 N–H and O–H groups in total. The molecule has 0 saturated carbocycles. The van der Waals surface area contributed by atoms with Crippen LogP contribution in [0, 0.1) is 0 Å². The first kappa shape index (κ1) is 36.4. The van der Waals surface area contributed by atoms with Gasteiger partial charge in [-0.15, -0.1) is 0 Å². The van der Waals surface area contributed by atoms with E-state index in [1.807, 2.05) is 72.8 Å². The molecule has 1 aliphatic rings. The Kier molecular flexibility index (Phi) is 7.92. The lowest BCUT2D eigenvalue weighted by Gasteiger charge is -2.23. The van der Waals surface area contributed by atoms with Crippen molar-refractivity contribution in [3.63, 3.8) is 0 Å². The van der Waals surface area contributed by atoms with Crippen molar-refractivity contribution in [2.75, 3.05) is 0 Å². The molecule has 2 aromatic heterocycles. The van der Waals surface area contributed by atoms with Crippen LogP contribution in [0.2, 0.25) is 0 Å². The van der Waals surface area contributed by atoms with E-state index in [1.54, 1.807) is 0 Å². The van der Waals surface area contributed by atoms with Gasteiger partial charge >= 0.3 is 0 Å². The van der Waals surface area contributed by atoms with E-state index in [9.17, 15) is 0 Å². The van der Waals surface area contributed by atoms with Gasteiger partial charge in [0.05, 0.1) is 0 Å². The summed E-state index contributed by atoms with van der Waals surface area (Å²) >= 11 is 0. The fourth-order valence-electron chi connectivity index (χ4n) is 10.3. The molecule has 13 rings (SSSR count). The van der Waals surface area contributed by atoms with E-state index < -0.39 is 0 Å². The van der Waals surface area contributed by atoms with Crippen molar-refractivity contribution in [2.24, 2.45) is 0 Å². The van der Waals surface area contributed by atoms with Gasteiger partial charge in [-0.05, 0) is 113 Å². The van der Waals surface area contributed by atoms with E-state index in [-0.39, 0.29) is 5.41 Å². The lowest BCUT2D eigenvalue weighted by atomic mass is 9.80. The van der Waals surface area contributed by atoms with Gasteiger partial charge < -0.3 is 4.42 Å². The average Bonchev–Trinajstić information content (AvgIpc) is 3.84. The van der Waals surface area contributed by atoms with E-state index in [0.717, 1.165) is 49.8 Å². The second-order valence-corrected chi connectivity index (χ2v) is 17.5. The maximum Gasteiger partial charge on any atom is 0.164 e. The lowest BCUT2D eigenvalue weighted by Crippen LogP contribution is -2.15. The van der Waals surface area contributed by atoms with Gasteiger partial charge in [0.2, 0.25) is 0 Å². The Bertz CT molecular complexity index is 3790. The number of fused-ring (bicyclic) bond motifs is 12. The molecule has 10 aromatic carbocycles. The zero-order chi connectivity index (χ0) is 42.5. The molecule has 64 heavy (non-hydrogen) atoms. The first-order valence-corrected chi connectivity index (χ1v) is 21.9. The summed E-state index contributed by atoms with van der Waals surface area (Å²) in [6.07, 6.45) is 0. The van der Waals surface area contributed by atoms with Gasteiger partial charge in [-0.25, -0.2) is 15.0 Å². The topological polar surface area (TPSA) is 51.8 Å². The molecule has 0 atom stereocenters. The SMILES string of the molecule is CC1(C)c2cc(-c3ccc(-c4ccc5oc6cccc(-c7nc(-c8ccccc8)nc(-c8ccccc8)n7)c6c5c4)cc3)ccc2-c2cc3c4ccccc4c4ccccc4c3cc21. The maximum atomic E-state index is 6.48. The number of furan rings is 1. The van der Waals surface area contributed by atoms with Crippen LogP contribution in [-0.2, 0) is 5.41 Å². The average molecular weight is 818 g/mol. The van der Waals surface area contributed by atoms with Crippen LogP contribution in [-0.4, -0.2) is 15.0 Å². The van der Waals surface area contributed by atoms with Crippen LogP contribution in [0.4, 0.5) is 0 Å². The van der Waals surface area contributed by atoms with Crippen LogP contribution in [0.15, 0.2) is 205 Å². The summed E-state index contributed by atoms with van der Waals surface area (Å²) in [4.78, 5) is 15.1. The van der Waals surface area contributed by atoms with Gasteiger partial charge in [-0.3, -0.25) is 0 Å². The zero-order valence-electron chi connectivity index (χ0n) is 35.3. The summed E-state index contributed by atoms with van der Waals surface area (Å²) in [5.74, 6) is 1.86. The predicted octanol–water partition coefficient (Wildman–Crippen LogP) is 15.9. The smallest absolute Gasteiger partial charge is 0.164 e. The highest BCUT2D eigenvalue weighted by Gasteiger charge is 2.36. The van der Waals surface area contributed by atoms with Crippen molar-refractivity contribution in [3.8, 4) is 67.5 Å². The quantitative estimate of drug-likeness (QED) is 0.162. The molecule has 0 bridgehead atoms. The van der Waals surface area contributed by atoms with Gasteiger partial charge in [-0.1, -0.05) is 178 Å². The molecule has 1 aliphatic carbocycles. The number of hydrogen-bond acceptors (Lipinski definition) is 4. The second kappa shape index (κ2) is 13.9. The molecule has 0 unspecified atom stereocenters. The first-order chi connectivity index (χ1) is 31.5. The van der Waals surface area contributed by atoms with Gasteiger partial charge in [-0.2, -0.15) is 0 Å². The third-order valence-electron chi connectivity index (χ3n) is 13.5. The molecule has 12 aromatic rings. The molecule has 0 amide bonds. The van der Waals surface area contributed by atoms with Crippen LogP contribution in [0.5, 0.6) is 0 Å². The summed E-state index contributed by atoms with van der Waals surface area (Å²) in [6.45, 7) is 4.76. The zero-order valence-corrected chi connectivity index (χ0v) is 35.3. The minimum Gasteiger partial charge on any atom is -0.456 e. The van der Waals surface area contributed by atoms with Crippen LogP contribution in [0.3, 0.4) is 0 Å². The minimum atomic E-state index is -0.156. The fraction of sp³-hybridized carbons (Fsp3) is 0.0500. The van der Waals surface area contributed by atoms with E-state index in [2.05, 4.69) is 141 Å². The minimum absolute atomic E-state index is 0.156. The number of aromatic nitrogens is 3. The van der Waals surface area contributed by atoms with Crippen LogP contribution in [0.1, 0.15) is 25.0 Å². The Morgan fingerprint density at radius 3 is 1.44 bits per heavy atom. The second-order valence-electron chi connectivity index (χ2n) is 17.5. The largest absolute Gasteiger partial charge is 0.456 e. The maximum absolute atomic E-state index is 6.48. The molecule has 2 heterocycles. The predicted molar refractivity (Wildman–Crippen MR) is 264 cm³/mol. The van der Waals surface area contributed by atoms with E-state index in [1.165, 1.54) is 65.7 Å². The van der Waals surface area contributed by atoms with E-state index >= 15 is 0 Å². The van der Waals surface area contributed by atoms with E-state index in [0.29, 0.717) is 17.5 Å². The molecule has 4 heteroatoms. The van der Waals surface area contributed by atoms with Crippen molar-refractivity contribution in [2.45, 2.75) is 19.3 Å². The molecule has 0 aliphatic heterocycles. The Morgan fingerprint density at radius 1 is 0.312 bits per heavy atom. The van der Waals surface area contributed by atoms with Crippen LogP contribution < -0.4 is 0 Å². The Morgan fingerprint density at radius 2 is 0.812 bits per heavy atom. The van der Waals surface area contributed by atoms with Crippen molar-refractivity contribution < 1.29 is 4.42 Å². The third-order valence-corrected chi connectivity index (χ3v) is 13.5. The number of benzene rings is 10. The summed E-state index contributed by atoms with van der Waals surface area (Å²) in [7, 11) is 0. The molecule has 0 saturated heterocycles. The number of rotatable bonds is 5. The summed E-state index contributed by atoms with van der Waals surface area (Å²) in [6, 6.07) is 71.4. The standard InChI is InChI=1S/C60H39N3O/c1-60(2)52-33-41(28-30-46(52)50-34-48-44-20-11-9-18-42(44)43-19-10-12-21-45(43)49(48)35-53(50)60)37-26-24-36(25-27-37)40-29-31-54-51(32-40)56-47(22-13-23-55(56)64-54)59-62-57(38-14-5-3-6-15-38)61-58(63-59)39-16-7-4-8-17-39/h3-35H,1-2H3. The monoisotopic (exact) mass is 817 g/mol. The first-order valence-electron chi connectivity index (χ1n) is 21.9. The van der Waals surface area contributed by atoms with Gasteiger partial charge in [0.25, 0.3) is 0 Å². The molecular formula is C60H39N3O. The Balaban J connectivity index is 0.876. The molecule has 300 valence electrons. The summed E-state index contributed by atoms with van der Waals surface area (Å²) in [5.41, 5.74) is 14.3. The third kappa shape index (κ3) is 5.59. The Labute approximate surface area is 370 Å². The van der Waals surface area contributed by atoms with Gasteiger partial charge in [0.15, 0.2) is 17.5 Å². The van der Waals surface area contributed by atoms with Gasteiger partial charge in [0.1, 0.15) is 11.2 Å². The number of nitrogens with zero attached hydrogens (tertiary/aromatic N) is 3. The Hall–Kier alpha value is -8.21.